The summed E-state index contributed by atoms with van der Waals surface area (Å²) < 4.78 is 0. The van der Waals surface area contributed by atoms with Crippen LogP contribution in [0.2, 0.25) is 45.3 Å². The summed E-state index contributed by atoms with van der Waals surface area (Å²) in [5, 5.41) is 0. The predicted octanol–water partition coefficient (Wildman–Crippen LogP) is 6.87. The SMILES string of the molecule is C[Si](C)(C)CCC1c2ccccc2C([Si](C)(C)C)c2ccccc21. The first kappa shape index (κ1) is 17.7. The minimum absolute atomic E-state index is 0.594. The fraction of sp³-hybridized carbons (Fsp3) is 0.455. The average molecular weight is 353 g/mol. The lowest BCUT2D eigenvalue weighted by atomic mass is 9.76. The summed E-state index contributed by atoms with van der Waals surface area (Å²) in [5.74, 6) is 0.594. The van der Waals surface area contributed by atoms with Gasteiger partial charge in [-0.1, -0.05) is 93.9 Å². The van der Waals surface area contributed by atoms with Crippen molar-refractivity contribution in [1.29, 1.82) is 0 Å². The van der Waals surface area contributed by atoms with Gasteiger partial charge >= 0.3 is 0 Å². The second kappa shape index (κ2) is 6.31. The topological polar surface area (TPSA) is 0 Å². The molecule has 0 fully saturated rings. The smallest absolute Gasteiger partial charge is 0.0573 e. The van der Waals surface area contributed by atoms with Gasteiger partial charge in [0.05, 0.1) is 8.07 Å². The lowest BCUT2D eigenvalue weighted by molar-refractivity contribution is 0.720. The number of hydrogen-bond donors (Lipinski definition) is 0. The zero-order chi connectivity index (χ0) is 17.5. The predicted molar refractivity (Wildman–Crippen MR) is 113 cm³/mol. The molecule has 2 aromatic rings. The van der Waals surface area contributed by atoms with Gasteiger partial charge in [0.1, 0.15) is 0 Å². The van der Waals surface area contributed by atoms with Crippen LogP contribution in [-0.4, -0.2) is 16.1 Å². The highest BCUT2D eigenvalue weighted by atomic mass is 28.3. The molecule has 0 heterocycles. The van der Waals surface area contributed by atoms with Crippen molar-refractivity contribution in [2.75, 3.05) is 0 Å². The fourth-order valence-corrected chi connectivity index (χ4v) is 7.89. The van der Waals surface area contributed by atoms with Crippen LogP contribution in [0.5, 0.6) is 0 Å². The summed E-state index contributed by atoms with van der Waals surface area (Å²) in [6, 6.07) is 20.0. The zero-order valence-electron chi connectivity index (χ0n) is 16.2. The third kappa shape index (κ3) is 3.45. The average Bonchev–Trinajstić information content (AvgIpc) is 2.49. The van der Waals surface area contributed by atoms with E-state index >= 15 is 0 Å². The molecule has 2 heteroatoms. The largest absolute Gasteiger partial charge is 0.0695 e. The Morgan fingerprint density at radius 3 is 1.46 bits per heavy atom. The van der Waals surface area contributed by atoms with Crippen LogP contribution in [0.15, 0.2) is 48.5 Å². The van der Waals surface area contributed by atoms with Crippen molar-refractivity contribution in [2.24, 2.45) is 0 Å². The molecular weight excluding hydrogens is 320 g/mol. The molecule has 0 saturated heterocycles. The van der Waals surface area contributed by atoms with Gasteiger partial charge in [0.2, 0.25) is 0 Å². The molecule has 0 aromatic heterocycles. The monoisotopic (exact) mass is 352 g/mol. The molecular formula is C22H32Si2. The van der Waals surface area contributed by atoms with Gasteiger partial charge in [-0.15, -0.1) is 0 Å². The van der Waals surface area contributed by atoms with Gasteiger partial charge in [-0.05, 0) is 28.7 Å². The number of hydrogen-bond acceptors (Lipinski definition) is 0. The molecule has 24 heavy (non-hydrogen) atoms. The fourth-order valence-electron chi connectivity index (χ4n) is 4.34. The van der Waals surface area contributed by atoms with Crippen LogP contribution in [0.1, 0.15) is 40.1 Å². The molecule has 0 bridgehead atoms. The van der Waals surface area contributed by atoms with E-state index in [4.69, 9.17) is 0 Å². The molecule has 0 aliphatic heterocycles. The molecule has 3 rings (SSSR count). The highest BCUT2D eigenvalue weighted by Crippen LogP contribution is 2.48. The van der Waals surface area contributed by atoms with Crippen LogP contribution in [0, 0.1) is 0 Å². The van der Waals surface area contributed by atoms with Crippen molar-refractivity contribution >= 4 is 16.1 Å². The summed E-state index contributed by atoms with van der Waals surface area (Å²) in [4.78, 5) is 0. The van der Waals surface area contributed by atoms with E-state index in [9.17, 15) is 0 Å². The molecule has 0 unspecified atom stereocenters. The number of benzene rings is 2. The van der Waals surface area contributed by atoms with Gasteiger partial charge in [0.25, 0.3) is 0 Å². The third-order valence-corrected chi connectivity index (χ3v) is 9.56. The quantitative estimate of drug-likeness (QED) is 0.527. The number of rotatable bonds is 4. The van der Waals surface area contributed by atoms with E-state index in [1.807, 2.05) is 0 Å². The molecule has 1 aliphatic carbocycles. The highest BCUT2D eigenvalue weighted by Gasteiger charge is 2.38. The van der Waals surface area contributed by atoms with E-state index in [0.717, 1.165) is 0 Å². The molecule has 128 valence electrons. The van der Waals surface area contributed by atoms with Crippen LogP contribution in [0.25, 0.3) is 0 Å². The number of fused-ring (bicyclic) bond motifs is 2. The highest BCUT2D eigenvalue weighted by molar-refractivity contribution is 6.78. The molecule has 0 amide bonds. The van der Waals surface area contributed by atoms with Crippen molar-refractivity contribution in [3.8, 4) is 0 Å². The Morgan fingerprint density at radius 2 is 1.08 bits per heavy atom. The lowest BCUT2D eigenvalue weighted by Crippen LogP contribution is -2.36. The van der Waals surface area contributed by atoms with E-state index < -0.39 is 16.1 Å². The Bertz CT molecular complexity index is 672. The maximum Gasteiger partial charge on any atom is 0.0573 e. The van der Waals surface area contributed by atoms with Crippen molar-refractivity contribution in [2.45, 2.75) is 63.2 Å². The van der Waals surface area contributed by atoms with Crippen molar-refractivity contribution < 1.29 is 0 Å². The molecule has 0 radical (unpaired) electrons. The van der Waals surface area contributed by atoms with E-state index in [0.29, 0.717) is 11.5 Å². The molecule has 0 spiro atoms. The van der Waals surface area contributed by atoms with Crippen LogP contribution in [0.4, 0.5) is 0 Å². The summed E-state index contributed by atoms with van der Waals surface area (Å²) in [6.45, 7) is 15.1. The van der Waals surface area contributed by atoms with E-state index in [-0.39, 0.29) is 0 Å². The molecule has 0 saturated carbocycles. The molecule has 0 N–H and O–H groups in total. The third-order valence-electron chi connectivity index (χ3n) is 5.41. The Kier molecular flexibility index (Phi) is 4.65. The van der Waals surface area contributed by atoms with Crippen molar-refractivity contribution in [3.63, 3.8) is 0 Å². The van der Waals surface area contributed by atoms with Crippen molar-refractivity contribution in [1.82, 2.24) is 0 Å². The first-order chi connectivity index (χ1) is 11.2. The lowest BCUT2D eigenvalue weighted by Gasteiger charge is -2.40. The van der Waals surface area contributed by atoms with E-state index in [2.05, 4.69) is 87.8 Å². The Morgan fingerprint density at radius 1 is 0.667 bits per heavy atom. The maximum atomic E-state index is 2.52. The standard InChI is InChI=1S/C22H32Si2/c1-23(2,3)16-15-19-17-11-7-9-13-20(17)22(24(4,5)6)21-14-10-8-12-18(19)21/h7-14,19,22H,15-16H2,1-6H3. The minimum Gasteiger partial charge on any atom is -0.0695 e. The summed E-state index contributed by atoms with van der Waals surface area (Å²) in [5.41, 5.74) is 7.10. The second-order valence-corrected chi connectivity index (χ2v) is 20.6. The van der Waals surface area contributed by atoms with Crippen molar-refractivity contribution in [3.05, 3.63) is 70.8 Å². The molecule has 1 aliphatic rings. The van der Waals surface area contributed by atoms with Gasteiger partial charge < -0.3 is 0 Å². The van der Waals surface area contributed by atoms with Gasteiger partial charge in [0.15, 0.2) is 0 Å². The van der Waals surface area contributed by atoms with Gasteiger partial charge in [-0.3, -0.25) is 0 Å². The summed E-state index contributed by atoms with van der Waals surface area (Å²) in [6.07, 6.45) is 1.31. The van der Waals surface area contributed by atoms with E-state index in [1.165, 1.54) is 12.5 Å². The summed E-state index contributed by atoms with van der Waals surface area (Å²) in [7, 11) is -2.37. The maximum absolute atomic E-state index is 2.52. The van der Waals surface area contributed by atoms with Crippen LogP contribution in [-0.2, 0) is 0 Å². The van der Waals surface area contributed by atoms with Gasteiger partial charge in [-0.2, -0.15) is 0 Å². The van der Waals surface area contributed by atoms with Crippen LogP contribution in [0.3, 0.4) is 0 Å². The molecule has 0 nitrogen and oxygen atoms in total. The Labute approximate surface area is 150 Å². The normalized spacial score (nSPS) is 20.4. The van der Waals surface area contributed by atoms with Gasteiger partial charge in [0, 0.05) is 19.5 Å². The Balaban J connectivity index is 2.14. The van der Waals surface area contributed by atoms with Gasteiger partial charge in [-0.25, -0.2) is 0 Å². The Hall–Kier alpha value is -1.13. The zero-order valence-corrected chi connectivity index (χ0v) is 18.2. The first-order valence-electron chi connectivity index (χ1n) is 9.36. The minimum atomic E-state index is -1.34. The molecule has 0 atom stereocenters. The molecule has 2 aromatic carbocycles. The summed E-state index contributed by atoms with van der Waals surface area (Å²) >= 11 is 0. The van der Waals surface area contributed by atoms with E-state index in [1.54, 1.807) is 22.3 Å². The second-order valence-electron chi connectivity index (χ2n) is 9.71. The van der Waals surface area contributed by atoms with Crippen LogP contribution < -0.4 is 0 Å². The van der Waals surface area contributed by atoms with Crippen LogP contribution >= 0.6 is 0 Å². The first-order valence-corrected chi connectivity index (χ1v) is 16.6.